The minimum Gasteiger partial charge on any atom is -0.484 e. The number of aromatic nitrogens is 2. The van der Waals surface area contributed by atoms with Crippen LogP contribution < -0.4 is 20.3 Å². The van der Waals surface area contributed by atoms with Gasteiger partial charge in [0.2, 0.25) is 5.91 Å². The zero-order valence-electron chi connectivity index (χ0n) is 18.6. The summed E-state index contributed by atoms with van der Waals surface area (Å²) in [5.41, 5.74) is 2.99. The van der Waals surface area contributed by atoms with Crippen molar-refractivity contribution in [3.05, 3.63) is 60.7 Å². The summed E-state index contributed by atoms with van der Waals surface area (Å²) in [6, 6.07) is 18.3. The summed E-state index contributed by atoms with van der Waals surface area (Å²) in [4.78, 5) is 25.7. The highest BCUT2D eigenvalue weighted by Crippen LogP contribution is 2.22. The molecule has 4 rings (SSSR count). The van der Waals surface area contributed by atoms with Crippen LogP contribution in [0.5, 0.6) is 5.75 Å². The fraction of sp³-hybridized carbons (Fsp3) is 0.280. The number of carbonyl (C=O) groups excluding carboxylic acids is 2. The Labute approximate surface area is 193 Å². The van der Waals surface area contributed by atoms with Gasteiger partial charge in [-0.05, 0) is 55.7 Å². The van der Waals surface area contributed by atoms with Gasteiger partial charge in [-0.15, -0.1) is 10.2 Å². The fourth-order valence-electron chi connectivity index (χ4n) is 3.71. The maximum absolute atomic E-state index is 12.3. The summed E-state index contributed by atoms with van der Waals surface area (Å²) < 4.78 is 5.53. The van der Waals surface area contributed by atoms with Crippen molar-refractivity contribution in [2.24, 2.45) is 0 Å². The number of nitrogens with one attached hydrogen (secondary N) is 2. The third kappa shape index (κ3) is 6.29. The second-order valence-electron chi connectivity index (χ2n) is 7.95. The maximum Gasteiger partial charge on any atom is 0.262 e. The van der Waals surface area contributed by atoms with Crippen LogP contribution in [0.1, 0.15) is 26.2 Å². The van der Waals surface area contributed by atoms with Crippen molar-refractivity contribution in [1.29, 1.82) is 0 Å². The Balaban J connectivity index is 1.30. The molecule has 170 valence electrons. The Morgan fingerprint density at radius 2 is 1.70 bits per heavy atom. The van der Waals surface area contributed by atoms with E-state index in [1.165, 1.54) is 26.2 Å². The van der Waals surface area contributed by atoms with Gasteiger partial charge in [-0.3, -0.25) is 9.59 Å². The number of carbonyl (C=O) groups is 2. The van der Waals surface area contributed by atoms with E-state index >= 15 is 0 Å². The molecule has 8 heteroatoms. The summed E-state index contributed by atoms with van der Waals surface area (Å²) in [7, 11) is 0. The van der Waals surface area contributed by atoms with Crippen LogP contribution >= 0.6 is 0 Å². The average molecular weight is 446 g/mol. The molecule has 2 amide bonds. The highest BCUT2D eigenvalue weighted by atomic mass is 16.5. The summed E-state index contributed by atoms with van der Waals surface area (Å²) >= 11 is 0. The molecular weight excluding hydrogens is 418 g/mol. The molecule has 1 aliphatic heterocycles. The largest absolute Gasteiger partial charge is 0.484 e. The molecule has 0 atom stereocenters. The quantitative estimate of drug-likeness (QED) is 0.568. The second kappa shape index (κ2) is 10.6. The third-order valence-corrected chi connectivity index (χ3v) is 5.32. The number of rotatable bonds is 7. The van der Waals surface area contributed by atoms with Crippen LogP contribution in [0, 0.1) is 0 Å². The molecule has 0 spiro atoms. The molecule has 0 saturated carbocycles. The van der Waals surface area contributed by atoms with Gasteiger partial charge < -0.3 is 20.3 Å². The first-order valence-electron chi connectivity index (χ1n) is 11.1. The number of hydrogen-bond donors (Lipinski definition) is 2. The van der Waals surface area contributed by atoms with Gasteiger partial charge >= 0.3 is 0 Å². The molecule has 0 bridgehead atoms. The van der Waals surface area contributed by atoms with Gasteiger partial charge in [0.05, 0.1) is 5.69 Å². The van der Waals surface area contributed by atoms with Gasteiger partial charge in [0.15, 0.2) is 12.4 Å². The molecular formula is C25H27N5O3. The van der Waals surface area contributed by atoms with Gasteiger partial charge in [-0.2, -0.15) is 0 Å². The van der Waals surface area contributed by atoms with Gasteiger partial charge in [0, 0.05) is 43.0 Å². The predicted octanol–water partition coefficient (Wildman–Crippen LogP) is 4.11. The minimum absolute atomic E-state index is 0.144. The Hall–Kier alpha value is -3.94. The van der Waals surface area contributed by atoms with E-state index in [2.05, 4.69) is 25.7 Å². The number of hydrogen-bond acceptors (Lipinski definition) is 6. The second-order valence-corrected chi connectivity index (χ2v) is 7.95. The van der Waals surface area contributed by atoms with Crippen molar-refractivity contribution in [3.8, 4) is 17.0 Å². The lowest BCUT2D eigenvalue weighted by molar-refractivity contribution is -0.118. The Bertz CT molecular complexity index is 1090. The van der Waals surface area contributed by atoms with Crippen LogP contribution in [0.4, 0.5) is 17.2 Å². The molecule has 8 nitrogen and oxygen atoms in total. The van der Waals surface area contributed by atoms with E-state index in [1.807, 2.05) is 36.4 Å². The first-order valence-corrected chi connectivity index (χ1v) is 11.1. The Morgan fingerprint density at radius 1 is 0.909 bits per heavy atom. The molecule has 33 heavy (non-hydrogen) atoms. The first kappa shape index (κ1) is 22.3. The minimum atomic E-state index is -0.279. The van der Waals surface area contributed by atoms with Crippen molar-refractivity contribution < 1.29 is 14.3 Å². The monoisotopic (exact) mass is 445 g/mol. The number of nitrogens with zero attached hydrogens (tertiary/aromatic N) is 3. The smallest absolute Gasteiger partial charge is 0.262 e. The lowest BCUT2D eigenvalue weighted by atomic mass is 10.1. The summed E-state index contributed by atoms with van der Waals surface area (Å²) in [5.74, 6) is 0.971. The highest BCUT2D eigenvalue weighted by molar-refractivity contribution is 5.92. The normalized spacial score (nSPS) is 13.3. The number of amides is 2. The topological polar surface area (TPSA) is 96.4 Å². The van der Waals surface area contributed by atoms with E-state index in [0.29, 0.717) is 17.1 Å². The van der Waals surface area contributed by atoms with E-state index in [0.717, 1.165) is 30.2 Å². The molecule has 1 aliphatic rings. The van der Waals surface area contributed by atoms with Gasteiger partial charge in [-0.1, -0.05) is 18.2 Å². The fourth-order valence-corrected chi connectivity index (χ4v) is 3.71. The SMILES string of the molecule is CC(=O)Nc1cccc(OCC(=O)Nc2ccc(-c3ccc(N4CCCCC4)nn3)cc2)c1. The number of benzene rings is 2. The van der Waals surface area contributed by atoms with Crippen LogP contribution in [0.3, 0.4) is 0 Å². The molecule has 3 aromatic rings. The molecule has 1 fully saturated rings. The van der Waals surface area contributed by atoms with Crippen molar-refractivity contribution in [3.63, 3.8) is 0 Å². The number of piperidine rings is 1. The number of ether oxygens (including phenoxy) is 1. The molecule has 1 saturated heterocycles. The molecule has 0 radical (unpaired) electrons. The average Bonchev–Trinajstić information content (AvgIpc) is 2.84. The lowest BCUT2D eigenvalue weighted by Gasteiger charge is -2.27. The van der Waals surface area contributed by atoms with Gasteiger partial charge in [-0.25, -0.2) is 0 Å². The maximum atomic E-state index is 12.3. The Kier molecular flexibility index (Phi) is 7.14. The zero-order valence-corrected chi connectivity index (χ0v) is 18.6. The molecule has 2 aromatic carbocycles. The molecule has 2 N–H and O–H groups in total. The van der Waals surface area contributed by atoms with Crippen molar-refractivity contribution >= 4 is 29.0 Å². The highest BCUT2D eigenvalue weighted by Gasteiger charge is 2.13. The van der Waals surface area contributed by atoms with E-state index in [4.69, 9.17) is 4.74 Å². The van der Waals surface area contributed by atoms with Crippen molar-refractivity contribution in [2.75, 3.05) is 35.2 Å². The van der Waals surface area contributed by atoms with Gasteiger partial charge in [0.25, 0.3) is 5.91 Å². The summed E-state index contributed by atoms with van der Waals surface area (Å²) in [6.07, 6.45) is 3.68. The third-order valence-electron chi connectivity index (χ3n) is 5.32. The predicted molar refractivity (Wildman–Crippen MR) is 128 cm³/mol. The first-order chi connectivity index (χ1) is 16.1. The molecule has 0 unspecified atom stereocenters. The molecule has 2 heterocycles. The van der Waals surface area contributed by atoms with Crippen molar-refractivity contribution in [2.45, 2.75) is 26.2 Å². The standard InChI is InChI=1S/C25H27N5O3/c1-18(31)26-21-6-5-7-22(16-21)33-17-25(32)27-20-10-8-19(9-11-20)23-12-13-24(29-28-23)30-14-3-2-4-15-30/h5-13,16H,2-4,14-15,17H2,1H3,(H,26,31)(H,27,32). The number of anilines is 3. The van der Waals surface area contributed by atoms with Gasteiger partial charge in [0.1, 0.15) is 5.75 Å². The zero-order chi connectivity index (χ0) is 23.0. The van der Waals surface area contributed by atoms with E-state index < -0.39 is 0 Å². The van der Waals surface area contributed by atoms with Crippen LogP contribution in [0.2, 0.25) is 0 Å². The van der Waals surface area contributed by atoms with Crippen LogP contribution in [-0.2, 0) is 9.59 Å². The van der Waals surface area contributed by atoms with E-state index in [9.17, 15) is 9.59 Å². The van der Waals surface area contributed by atoms with Crippen LogP contribution in [0.25, 0.3) is 11.3 Å². The molecule has 1 aromatic heterocycles. The molecule has 0 aliphatic carbocycles. The van der Waals surface area contributed by atoms with E-state index in [-0.39, 0.29) is 18.4 Å². The summed E-state index contributed by atoms with van der Waals surface area (Å²) in [5, 5.41) is 14.3. The van der Waals surface area contributed by atoms with Crippen molar-refractivity contribution in [1.82, 2.24) is 10.2 Å². The Morgan fingerprint density at radius 3 is 2.39 bits per heavy atom. The van der Waals surface area contributed by atoms with E-state index in [1.54, 1.807) is 24.3 Å². The van der Waals surface area contributed by atoms with Crippen LogP contribution in [-0.4, -0.2) is 41.7 Å². The van der Waals surface area contributed by atoms with Crippen LogP contribution in [0.15, 0.2) is 60.7 Å². The lowest BCUT2D eigenvalue weighted by Crippen LogP contribution is -2.30. The summed E-state index contributed by atoms with van der Waals surface area (Å²) in [6.45, 7) is 3.36.